The van der Waals surface area contributed by atoms with Gasteiger partial charge in [-0.1, -0.05) is 40.9 Å². The summed E-state index contributed by atoms with van der Waals surface area (Å²) in [5.74, 6) is -0.732. The normalized spacial score (nSPS) is 18.2. The molecule has 1 atom stereocenters. The highest BCUT2D eigenvalue weighted by atomic mass is 79.9. The molecule has 0 bridgehead atoms. The molecule has 0 heterocycles. The Labute approximate surface area is 114 Å². The highest BCUT2D eigenvalue weighted by Gasteiger charge is 2.26. The van der Waals surface area contributed by atoms with E-state index in [1.165, 1.54) is 12.8 Å². The van der Waals surface area contributed by atoms with Gasteiger partial charge in [0.05, 0.1) is 0 Å². The molecule has 2 nitrogen and oxygen atoms in total. The van der Waals surface area contributed by atoms with Crippen molar-refractivity contribution >= 4 is 33.7 Å². The van der Waals surface area contributed by atoms with E-state index in [0.29, 0.717) is 5.25 Å². The predicted octanol–water partition coefficient (Wildman–Crippen LogP) is 4.25. The Morgan fingerprint density at radius 3 is 2.41 bits per heavy atom. The minimum Gasteiger partial charge on any atom is -0.480 e. The van der Waals surface area contributed by atoms with Crippen LogP contribution in [0.1, 0.15) is 36.5 Å². The average molecular weight is 315 g/mol. The Kier molecular flexibility index (Phi) is 4.51. The molecular formula is C13H15BrO2S. The van der Waals surface area contributed by atoms with Gasteiger partial charge in [0, 0.05) is 9.72 Å². The van der Waals surface area contributed by atoms with Gasteiger partial charge in [-0.05, 0) is 30.5 Å². The van der Waals surface area contributed by atoms with Gasteiger partial charge < -0.3 is 5.11 Å². The molecule has 17 heavy (non-hydrogen) atoms. The Bertz CT molecular complexity index is 385. The van der Waals surface area contributed by atoms with Crippen LogP contribution in [0.25, 0.3) is 0 Å². The van der Waals surface area contributed by atoms with E-state index >= 15 is 0 Å². The van der Waals surface area contributed by atoms with E-state index in [-0.39, 0.29) is 0 Å². The van der Waals surface area contributed by atoms with Crippen LogP contribution in [0.3, 0.4) is 0 Å². The second-order valence-electron chi connectivity index (χ2n) is 4.31. The number of aliphatic carboxylic acids is 1. The smallest absolute Gasteiger partial charge is 0.321 e. The first-order chi connectivity index (χ1) is 8.16. The van der Waals surface area contributed by atoms with E-state index < -0.39 is 11.2 Å². The zero-order valence-corrected chi connectivity index (χ0v) is 11.8. The lowest BCUT2D eigenvalue weighted by molar-refractivity contribution is -0.136. The monoisotopic (exact) mass is 314 g/mol. The minimum absolute atomic E-state index is 0.425. The van der Waals surface area contributed by atoms with Crippen molar-refractivity contribution in [2.75, 3.05) is 0 Å². The molecule has 0 amide bonds. The second kappa shape index (κ2) is 5.91. The summed E-state index contributed by atoms with van der Waals surface area (Å²) in [6.07, 6.45) is 4.80. The highest BCUT2D eigenvalue weighted by molar-refractivity contribution is 9.10. The molecule has 4 heteroatoms. The molecule has 0 unspecified atom stereocenters. The van der Waals surface area contributed by atoms with E-state index in [0.717, 1.165) is 22.9 Å². The van der Waals surface area contributed by atoms with Gasteiger partial charge in [0.25, 0.3) is 0 Å². The summed E-state index contributed by atoms with van der Waals surface area (Å²) in [6.45, 7) is 0. The molecule has 1 aliphatic carbocycles. The number of carbonyl (C=O) groups is 1. The van der Waals surface area contributed by atoms with Gasteiger partial charge >= 0.3 is 5.97 Å². The number of benzene rings is 1. The fourth-order valence-corrected chi connectivity index (χ4v) is 3.82. The minimum atomic E-state index is -0.732. The lowest BCUT2D eigenvalue weighted by Crippen LogP contribution is -2.11. The molecule has 1 aliphatic rings. The van der Waals surface area contributed by atoms with Gasteiger partial charge in [0.2, 0.25) is 0 Å². The van der Waals surface area contributed by atoms with Crippen LogP contribution in [0.15, 0.2) is 28.7 Å². The molecule has 0 aliphatic heterocycles. The molecule has 0 spiro atoms. The van der Waals surface area contributed by atoms with Crippen molar-refractivity contribution in [2.45, 2.75) is 36.2 Å². The Morgan fingerprint density at radius 1 is 1.29 bits per heavy atom. The van der Waals surface area contributed by atoms with E-state index in [9.17, 15) is 9.90 Å². The molecule has 1 aromatic carbocycles. The van der Waals surface area contributed by atoms with E-state index in [1.807, 2.05) is 24.3 Å². The largest absolute Gasteiger partial charge is 0.480 e. The van der Waals surface area contributed by atoms with Gasteiger partial charge in [-0.15, -0.1) is 11.8 Å². The highest BCUT2D eigenvalue weighted by Crippen LogP contribution is 2.39. The van der Waals surface area contributed by atoms with Crippen molar-refractivity contribution in [1.82, 2.24) is 0 Å². The number of carboxylic acid groups (broad SMARTS) is 1. The molecule has 1 N–H and O–H groups in total. The number of thioether (sulfide) groups is 1. The molecule has 1 aromatic rings. The van der Waals surface area contributed by atoms with Crippen LogP contribution < -0.4 is 0 Å². The predicted molar refractivity (Wildman–Crippen MR) is 74.4 cm³/mol. The van der Waals surface area contributed by atoms with Crippen LogP contribution in [-0.4, -0.2) is 16.3 Å². The number of rotatable bonds is 4. The van der Waals surface area contributed by atoms with Crippen LogP contribution in [0.5, 0.6) is 0 Å². The quantitative estimate of drug-likeness (QED) is 0.902. The first kappa shape index (κ1) is 13.0. The van der Waals surface area contributed by atoms with Crippen molar-refractivity contribution in [1.29, 1.82) is 0 Å². The fraction of sp³-hybridized carbons (Fsp3) is 0.462. The standard InChI is InChI=1S/C13H15BrO2S/c14-10-7-5-9(6-8-10)12(13(15)16)17-11-3-1-2-4-11/h5-8,11-12H,1-4H2,(H,15,16)/t12-/m1/s1. The maximum atomic E-state index is 11.3. The first-order valence-electron chi connectivity index (χ1n) is 5.80. The Hall–Kier alpha value is -0.480. The van der Waals surface area contributed by atoms with Gasteiger partial charge in [0.15, 0.2) is 0 Å². The maximum absolute atomic E-state index is 11.3. The van der Waals surface area contributed by atoms with Crippen LogP contribution in [0, 0.1) is 0 Å². The van der Waals surface area contributed by atoms with Gasteiger partial charge in [0.1, 0.15) is 5.25 Å². The maximum Gasteiger partial charge on any atom is 0.321 e. The summed E-state index contributed by atoms with van der Waals surface area (Å²) < 4.78 is 0.983. The molecule has 1 fully saturated rings. The lowest BCUT2D eigenvalue weighted by atomic mass is 10.1. The number of halogens is 1. The van der Waals surface area contributed by atoms with Crippen LogP contribution in [0.4, 0.5) is 0 Å². The zero-order valence-electron chi connectivity index (χ0n) is 9.43. The van der Waals surface area contributed by atoms with E-state index in [2.05, 4.69) is 15.9 Å². The summed E-state index contributed by atoms with van der Waals surface area (Å²) in [6, 6.07) is 7.59. The molecular weight excluding hydrogens is 300 g/mol. The third-order valence-electron chi connectivity index (χ3n) is 3.03. The van der Waals surface area contributed by atoms with E-state index in [4.69, 9.17) is 0 Å². The van der Waals surface area contributed by atoms with Crippen molar-refractivity contribution in [3.8, 4) is 0 Å². The lowest BCUT2D eigenvalue weighted by Gasteiger charge is -2.16. The van der Waals surface area contributed by atoms with Crippen LogP contribution in [-0.2, 0) is 4.79 Å². The number of hydrogen-bond acceptors (Lipinski definition) is 2. The third kappa shape index (κ3) is 3.49. The number of carboxylic acids is 1. The third-order valence-corrected chi connectivity index (χ3v) is 5.16. The van der Waals surface area contributed by atoms with Gasteiger partial charge in [-0.3, -0.25) is 4.79 Å². The summed E-state index contributed by atoms with van der Waals surface area (Å²) in [5, 5.41) is 9.41. The molecule has 0 aromatic heterocycles. The van der Waals surface area contributed by atoms with Crippen molar-refractivity contribution in [3.05, 3.63) is 34.3 Å². The topological polar surface area (TPSA) is 37.3 Å². The Balaban J connectivity index is 2.10. The fourth-order valence-electron chi connectivity index (χ4n) is 2.13. The summed E-state index contributed by atoms with van der Waals surface area (Å²) in [7, 11) is 0. The first-order valence-corrected chi connectivity index (χ1v) is 7.54. The zero-order chi connectivity index (χ0) is 12.3. The van der Waals surface area contributed by atoms with Crippen molar-refractivity contribution in [2.24, 2.45) is 0 Å². The molecule has 92 valence electrons. The summed E-state index contributed by atoms with van der Waals surface area (Å²) in [4.78, 5) is 11.3. The van der Waals surface area contributed by atoms with Gasteiger partial charge in [-0.2, -0.15) is 0 Å². The number of hydrogen-bond donors (Lipinski definition) is 1. The summed E-state index contributed by atoms with van der Waals surface area (Å²) >= 11 is 4.97. The average Bonchev–Trinajstić information content (AvgIpc) is 2.80. The second-order valence-corrected chi connectivity index (χ2v) is 6.64. The SMILES string of the molecule is O=C(O)[C@H](SC1CCCC1)c1ccc(Br)cc1. The summed E-state index contributed by atoms with van der Waals surface area (Å²) in [5.41, 5.74) is 0.887. The van der Waals surface area contributed by atoms with E-state index in [1.54, 1.807) is 11.8 Å². The van der Waals surface area contributed by atoms with Crippen LogP contribution >= 0.6 is 27.7 Å². The molecule has 0 saturated heterocycles. The molecule has 1 saturated carbocycles. The van der Waals surface area contributed by atoms with Crippen LogP contribution in [0.2, 0.25) is 0 Å². The van der Waals surface area contributed by atoms with Gasteiger partial charge in [-0.25, -0.2) is 0 Å². The molecule has 2 rings (SSSR count). The Morgan fingerprint density at radius 2 is 1.88 bits per heavy atom. The molecule has 0 radical (unpaired) electrons. The van der Waals surface area contributed by atoms with Crippen molar-refractivity contribution in [3.63, 3.8) is 0 Å². The van der Waals surface area contributed by atoms with Crippen molar-refractivity contribution < 1.29 is 9.90 Å².